The van der Waals surface area contributed by atoms with Gasteiger partial charge in [0.25, 0.3) is 0 Å². The highest BCUT2D eigenvalue weighted by Crippen LogP contribution is 2.25. The van der Waals surface area contributed by atoms with E-state index in [1.165, 1.54) is 0 Å². The van der Waals surface area contributed by atoms with Gasteiger partial charge in [0.15, 0.2) is 0 Å². The predicted molar refractivity (Wildman–Crippen MR) is 66.5 cm³/mol. The molecule has 0 aliphatic carbocycles. The Labute approximate surface area is 107 Å². The van der Waals surface area contributed by atoms with Crippen LogP contribution in [0.15, 0.2) is 4.52 Å². The van der Waals surface area contributed by atoms with E-state index < -0.39 is 5.41 Å². The van der Waals surface area contributed by atoms with E-state index in [2.05, 4.69) is 16.5 Å². The van der Waals surface area contributed by atoms with Gasteiger partial charge in [-0.1, -0.05) is 19.0 Å². The highest BCUT2D eigenvalue weighted by Gasteiger charge is 2.34. The largest absolute Gasteiger partial charge is 0.361 e. The van der Waals surface area contributed by atoms with Crippen LogP contribution in [0.25, 0.3) is 0 Å². The van der Waals surface area contributed by atoms with E-state index in [1.807, 2.05) is 20.8 Å². The molecule has 0 saturated heterocycles. The first-order valence-corrected chi connectivity index (χ1v) is 6.12. The SMILES string of the molecule is CCC(C#N)(CC)C(=O)NCc1c(C)noc1C. The zero-order valence-corrected chi connectivity index (χ0v) is 11.3. The summed E-state index contributed by atoms with van der Waals surface area (Å²) < 4.78 is 5.03. The summed E-state index contributed by atoms with van der Waals surface area (Å²) in [6.07, 6.45) is 1.01. The molecule has 5 nitrogen and oxygen atoms in total. The normalized spacial score (nSPS) is 11.1. The summed E-state index contributed by atoms with van der Waals surface area (Å²) in [6, 6.07) is 2.12. The standard InChI is InChI=1S/C13H19N3O2/c1-5-13(6-2,8-14)12(17)15-7-11-9(3)16-18-10(11)4/h5-7H2,1-4H3,(H,15,17). The predicted octanol–water partition coefficient (Wildman–Crippen LogP) is 2.24. The number of carbonyl (C=O) groups is 1. The van der Waals surface area contributed by atoms with Gasteiger partial charge in [-0.3, -0.25) is 4.79 Å². The summed E-state index contributed by atoms with van der Waals surface area (Å²) in [7, 11) is 0. The van der Waals surface area contributed by atoms with Gasteiger partial charge in [0, 0.05) is 12.1 Å². The lowest BCUT2D eigenvalue weighted by atomic mass is 9.83. The molecule has 1 aromatic rings. The Morgan fingerprint density at radius 3 is 2.44 bits per heavy atom. The molecule has 0 aromatic carbocycles. The summed E-state index contributed by atoms with van der Waals surface area (Å²) >= 11 is 0. The van der Waals surface area contributed by atoms with Gasteiger partial charge in [-0.15, -0.1) is 0 Å². The van der Waals surface area contributed by atoms with Crippen molar-refractivity contribution < 1.29 is 9.32 Å². The number of aromatic nitrogens is 1. The van der Waals surface area contributed by atoms with Crippen molar-refractivity contribution in [3.63, 3.8) is 0 Å². The third kappa shape index (κ3) is 2.53. The molecule has 0 spiro atoms. The van der Waals surface area contributed by atoms with Gasteiger partial charge >= 0.3 is 0 Å². The van der Waals surface area contributed by atoms with Crippen LogP contribution in [0.2, 0.25) is 0 Å². The second-order valence-electron chi connectivity index (χ2n) is 4.39. The van der Waals surface area contributed by atoms with Crippen LogP contribution in [0.1, 0.15) is 43.7 Å². The van der Waals surface area contributed by atoms with E-state index in [0.717, 1.165) is 11.3 Å². The maximum absolute atomic E-state index is 12.1. The first kappa shape index (κ1) is 14.2. The van der Waals surface area contributed by atoms with Crippen LogP contribution in [-0.4, -0.2) is 11.1 Å². The minimum Gasteiger partial charge on any atom is -0.361 e. The molecule has 1 N–H and O–H groups in total. The van der Waals surface area contributed by atoms with Gasteiger partial charge in [-0.25, -0.2) is 0 Å². The highest BCUT2D eigenvalue weighted by molar-refractivity contribution is 5.85. The Hall–Kier alpha value is -1.83. The Bertz CT molecular complexity index is 448. The third-order valence-electron chi connectivity index (χ3n) is 3.46. The van der Waals surface area contributed by atoms with Crippen molar-refractivity contribution in [1.82, 2.24) is 10.5 Å². The van der Waals surface area contributed by atoms with E-state index in [1.54, 1.807) is 6.92 Å². The van der Waals surface area contributed by atoms with Crippen molar-refractivity contribution in [1.29, 1.82) is 5.26 Å². The van der Waals surface area contributed by atoms with Crippen molar-refractivity contribution in [3.05, 3.63) is 17.0 Å². The maximum atomic E-state index is 12.1. The van der Waals surface area contributed by atoms with E-state index in [0.29, 0.717) is 25.1 Å². The number of nitrogens with zero attached hydrogens (tertiary/aromatic N) is 2. The van der Waals surface area contributed by atoms with E-state index >= 15 is 0 Å². The molecule has 0 radical (unpaired) electrons. The Morgan fingerprint density at radius 2 is 2.06 bits per heavy atom. The molecule has 1 rings (SSSR count). The first-order valence-electron chi connectivity index (χ1n) is 6.12. The number of rotatable bonds is 5. The molecule has 0 aliphatic heterocycles. The molecule has 0 atom stereocenters. The smallest absolute Gasteiger partial charge is 0.240 e. The number of nitrogens with one attached hydrogen (secondary N) is 1. The van der Waals surface area contributed by atoms with Crippen molar-refractivity contribution in [2.45, 2.75) is 47.1 Å². The van der Waals surface area contributed by atoms with E-state index in [4.69, 9.17) is 4.52 Å². The topological polar surface area (TPSA) is 78.9 Å². The Morgan fingerprint density at radius 1 is 1.44 bits per heavy atom. The van der Waals surface area contributed by atoms with E-state index in [-0.39, 0.29) is 5.91 Å². The van der Waals surface area contributed by atoms with Crippen LogP contribution in [-0.2, 0) is 11.3 Å². The molecule has 0 bridgehead atoms. The van der Waals surface area contributed by atoms with Gasteiger partial charge in [0.1, 0.15) is 11.2 Å². The van der Waals surface area contributed by atoms with Gasteiger partial charge in [-0.05, 0) is 26.7 Å². The van der Waals surface area contributed by atoms with Crippen LogP contribution in [0.3, 0.4) is 0 Å². The summed E-state index contributed by atoms with van der Waals surface area (Å²) in [5, 5.41) is 15.8. The Balaban J connectivity index is 2.75. The van der Waals surface area contributed by atoms with Gasteiger partial charge in [0.05, 0.1) is 11.8 Å². The average molecular weight is 249 g/mol. The Kier molecular flexibility index (Phi) is 4.49. The molecule has 0 unspecified atom stereocenters. The summed E-state index contributed by atoms with van der Waals surface area (Å²) in [4.78, 5) is 12.1. The lowest BCUT2D eigenvalue weighted by Crippen LogP contribution is -2.39. The van der Waals surface area contributed by atoms with Crippen LogP contribution in [0, 0.1) is 30.6 Å². The van der Waals surface area contributed by atoms with Gasteiger partial charge < -0.3 is 9.84 Å². The zero-order valence-electron chi connectivity index (χ0n) is 11.3. The molecule has 1 heterocycles. The van der Waals surface area contributed by atoms with Crippen molar-refractivity contribution >= 4 is 5.91 Å². The van der Waals surface area contributed by atoms with Gasteiger partial charge in [-0.2, -0.15) is 5.26 Å². The molecule has 18 heavy (non-hydrogen) atoms. The minimum absolute atomic E-state index is 0.227. The molecule has 98 valence electrons. The first-order chi connectivity index (χ1) is 8.50. The number of nitriles is 1. The minimum atomic E-state index is -0.932. The molecule has 0 fully saturated rings. The summed E-state index contributed by atoms with van der Waals surface area (Å²) in [5.74, 6) is 0.471. The van der Waals surface area contributed by atoms with Crippen LogP contribution >= 0.6 is 0 Å². The highest BCUT2D eigenvalue weighted by atomic mass is 16.5. The van der Waals surface area contributed by atoms with Crippen molar-refractivity contribution in [2.24, 2.45) is 5.41 Å². The maximum Gasteiger partial charge on any atom is 0.240 e. The molecular weight excluding hydrogens is 230 g/mol. The zero-order chi connectivity index (χ0) is 13.8. The number of hydrogen-bond donors (Lipinski definition) is 1. The molecular formula is C13H19N3O2. The molecule has 5 heteroatoms. The number of aryl methyl sites for hydroxylation is 2. The lowest BCUT2D eigenvalue weighted by molar-refractivity contribution is -0.128. The number of amides is 1. The van der Waals surface area contributed by atoms with Crippen LogP contribution < -0.4 is 5.32 Å². The molecule has 0 aliphatic rings. The average Bonchev–Trinajstić information content (AvgIpc) is 2.69. The fourth-order valence-corrected chi connectivity index (χ4v) is 1.87. The monoisotopic (exact) mass is 249 g/mol. The fourth-order valence-electron chi connectivity index (χ4n) is 1.87. The quantitative estimate of drug-likeness (QED) is 0.867. The number of hydrogen-bond acceptors (Lipinski definition) is 4. The van der Waals surface area contributed by atoms with Crippen molar-refractivity contribution in [2.75, 3.05) is 0 Å². The third-order valence-corrected chi connectivity index (χ3v) is 3.46. The van der Waals surface area contributed by atoms with Crippen molar-refractivity contribution in [3.8, 4) is 6.07 Å². The van der Waals surface area contributed by atoms with E-state index in [9.17, 15) is 10.1 Å². The second kappa shape index (κ2) is 5.67. The number of carbonyl (C=O) groups excluding carboxylic acids is 1. The van der Waals surface area contributed by atoms with Crippen LogP contribution in [0.4, 0.5) is 0 Å². The van der Waals surface area contributed by atoms with Gasteiger partial charge in [0.2, 0.25) is 5.91 Å². The summed E-state index contributed by atoms with van der Waals surface area (Å²) in [6.45, 7) is 7.68. The lowest BCUT2D eigenvalue weighted by Gasteiger charge is -2.22. The second-order valence-corrected chi connectivity index (χ2v) is 4.39. The van der Waals surface area contributed by atoms with Crippen LogP contribution in [0.5, 0.6) is 0 Å². The molecule has 1 amide bonds. The molecule has 0 saturated carbocycles. The molecule has 1 aromatic heterocycles. The summed E-state index contributed by atoms with van der Waals surface area (Å²) in [5.41, 5.74) is 0.713. The fraction of sp³-hybridized carbons (Fsp3) is 0.615.